The molecule has 0 spiro atoms. The molecule has 1 heterocycles. The van der Waals surface area contributed by atoms with Crippen LogP contribution in [0.5, 0.6) is 0 Å². The van der Waals surface area contributed by atoms with Crippen LogP contribution in [0.25, 0.3) is 0 Å². The Balaban J connectivity index is 2.28. The maximum atomic E-state index is 3.97. The van der Waals surface area contributed by atoms with Gasteiger partial charge in [0.05, 0.1) is 12.2 Å². The molecule has 0 unspecified atom stereocenters. The van der Waals surface area contributed by atoms with Crippen molar-refractivity contribution in [1.29, 1.82) is 0 Å². The van der Waals surface area contributed by atoms with Gasteiger partial charge in [-0.25, -0.2) is 4.68 Å². The summed E-state index contributed by atoms with van der Waals surface area (Å²) < 4.78 is 2.93. The third-order valence-electron chi connectivity index (χ3n) is 2.19. The molecule has 14 heavy (non-hydrogen) atoms. The van der Waals surface area contributed by atoms with Crippen LogP contribution in [0, 0.1) is 0 Å². The second kappa shape index (κ2) is 3.92. The van der Waals surface area contributed by atoms with Crippen molar-refractivity contribution in [2.45, 2.75) is 13.0 Å². The molecule has 1 aromatic heterocycles. The molecular formula is C10H10BrN3. The molecule has 2 aromatic rings. The fourth-order valence-electron chi connectivity index (χ4n) is 1.32. The van der Waals surface area contributed by atoms with E-state index in [0.29, 0.717) is 0 Å². The van der Waals surface area contributed by atoms with E-state index in [1.54, 1.807) is 6.20 Å². The third-order valence-corrected chi connectivity index (χ3v) is 2.72. The average molecular weight is 252 g/mol. The first-order chi connectivity index (χ1) is 6.77. The SMILES string of the molecule is C[C@@H](c1ccc(Br)cc1)n1ccnn1. The molecule has 0 N–H and O–H groups in total. The van der Waals surface area contributed by atoms with Crippen LogP contribution < -0.4 is 0 Å². The predicted molar refractivity (Wildman–Crippen MR) is 58.0 cm³/mol. The van der Waals surface area contributed by atoms with Crippen LogP contribution in [-0.4, -0.2) is 15.0 Å². The Kier molecular flexibility index (Phi) is 2.63. The van der Waals surface area contributed by atoms with Gasteiger partial charge in [0.2, 0.25) is 0 Å². The Morgan fingerprint density at radius 2 is 2.00 bits per heavy atom. The summed E-state index contributed by atoms with van der Waals surface area (Å²) >= 11 is 3.41. The fraction of sp³-hybridized carbons (Fsp3) is 0.200. The second-order valence-electron chi connectivity index (χ2n) is 3.11. The van der Waals surface area contributed by atoms with Gasteiger partial charge in [-0.1, -0.05) is 33.3 Å². The Hall–Kier alpha value is -1.16. The molecular weight excluding hydrogens is 242 g/mol. The van der Waals surface area contributed by atoms with E-state index in [0.717, 1.165) is 4.47 Å². The normalized spacial score (nSPS) is 12.7. The molecule has 0 aliphatic heterocycles. The summed E-state index contributed by atoms with van der Waals surface area (Å²) in [5, 5.41) is 7.76. The van der Waals surface area contributed by atoms with Crippen molar-refractivity contribution in [3.8, 4) is 0 Å². The smallest absolute Gasteiger partial charge is 0.0758 e. The number of aromatic nitrogens is 3. The summed E-state index contributed by atoms with van der Waals surface area (Å²) in [6.45, 7) is 2.10. The molecule has 0 aliphatic carbocycles. The topological polar surface area (TPSA) is 30.7 Å². The zero-order valence-electron chi connectivity index (χ0n) is 7.76. The van der Waals surface area contributed by atoms with Crippen molar-refractivity contribution in [2.24, 2.45) is 0 Å². The predicted octanol–water partition coefficient (Wildman–Crippen LogP) is 2.65. The fourth-order valence-corrected chi connectivity index (χ4v) is 1.58. The lowest BCUT2D eigenvalue weighted by Gasteiger charge is -2.11. The van der Waals surface area contributed by atoms with Gasteiger partial charge in [-0.2, -0.15) is 0 Å². The van der Waals surface area contributed by atoms with Crippen molar-refractivity contribution < 1.29 is 0 Å². The Labute approximate surface area is 90.9 Å². The van der Waals surface area contributed by atoms with Gasteiger partial charge in [-0.05, 0) is 24.6 Å². The molecule has 4 heteroatoms. The van der Waals surface area contributed by atoms with Gasteiger partial charge in [0.25, 0.3) is 0 Å². The zero-order valence-corrected chi connectivity index (χ0v) is 9.35. The minimum atomic E-state index is 0.227. The molecule has 0 aliphatic rings. The monoisotopic (exact) mass is 251 g/mol. The molecule has 0 saturated carbocycles. The summed E-state index contributed by atoms with van der Waals surface area (Å²) in [7, 11) is 0. The van der Waals surface area contributed by atoms with Crippen molar-refractivity contribution in [3.63, 3.8) is 0 Å². The molecule has 0 saturated heterocycles. The Morgan fingerprint density at radius 1 is 1.29 bits per heavy atom. The molecule has 0 amide bonds. The summed E-state index contributed by atoms with van der Waals surface area (Å²) in [6.07, 6.45) is 3.56. The highest BCUT2D eigenvalue weighted by molar-refractivity contribution is 9.10. The van der Waals surface area contributed by atoms with Gasteiger partial charge in [-0.15, -0.1) is 5.10 Å². The maximum Gasteiger partial charge on any atom is 0.0758 e. The van der Waals surface area contributed by atoms with Crippen molar-refractivity contribution in [2.75, 3.05) is 0 Å². The lowest BCUT2D eigenvalue weighted by Crippen LogP contribution is -2.07. The molecule has 1 aromatic carbocycles. The van der Waals surface area contributed by atoms with E-state index < -0.39 is 0 Å². The Bertz CT molecular complexity index is 394. The number of nitrogens with zero attached hydrogens (tertiary/aromatic N) is 3. The molecule has 0 bridgehead atoms. The number of hydrogen-bond acceptors (Lipinski definition) is 2. The van der Waals surface area contributed by atoms with Gasteiger partial charge in [-0.3, -0.25) is 0 Å². The largest absolute Gasteiger partial charge is 0.245 e. The summed E-state index contributed by atoms with van der Waals surface area (Å²) in [5.41, 5.74) is 1.22. The minimum absolute atomic E-state index is 0.227. The molecule has 2 rings (SSSR count). The van der Waals surface area contributed by atoms with Crippen LogP contribution in [0.4, 0.5) is 0 Å². The maximum absolute atomic E-state index is 3.97. The first-order valence-electron chi connectivity index (χ1n) is 4.38. The van der Waals surface area contributed by atoms with Gasteiger partial charge in [0, 0.05) is 10.7 Å². The number of benzene rings is 1. The third kappa shape index (κ3) is 1.85. The van der Waals surface area contributed by atoms with E-state index in [2.05, 4.69) is 45.3 Å². The molecule has 3 nitrogen and oxygen atoms in total. The lowest BCUT2D eigenvalue weighted by atomic mass is 10.1. The molecule has 72 valence electrons. The van der Waals surface area contributed by atoms with E-state index in [4.69, 9.17) is 0 Å². The molecule has 0 radical (unpaired) electrons. The van der Waals surface area contributed by atoms with E-state index >= 15 is 0 Å². The van der Waals surface area contributed by atoms with Gasteiger partial charge in [0.15, 0.2) is 0 Å². The number of halogens is 1. The standard InChI is InChI=1S/C10H10BrN3/c1-8(14-7-6-12-13-14)9-2-4-10(11)5-3-9/h2-8H,1H3/t8-/m0/s1. The quantitative estimate of drug-likeness (QED) is 0.822. The Morgan fingerprint density at radius 3 is 2.57 bits per heavy atom. The number of hydrogen-bond donors (Lipinski definition) is 0. The van der Waals surface area contributed by atoms with Gasteiger partial charge in [0.1, 0.15) is 0 Å². The highest BCUT2D eigenvalue weighted by atomic mass is 79.9. The highest BCUT2D eigenvalue weighted by Gasteiger charge is 2.06. The van der Waals surface area contributed by atoms with Crippen LogP contribution in [0.1, 0.15) is 18.5 Å². The van der Waals surface area contributed by atoms with Crippen LogP contribution >= 0.6 is 15.9 Å². The lowest BCUT2D eigenvalue weighted by molar-refractivity contribution is 0.543. The van der Waals surface area contributed by atoms with E-state index in [-0.39, 0.29) is 6.04 Å². The summed E-state index contributed by atoms with van der Waals surface area (Å²) in [4.78, 5) is 0. The van der Waals surface area contributed by atoms with E-state index in [9.17, 15) is 0 Å². The van der Waals surface area contributed by atoms with Crippen LogP contribution in [-0.2, 0) is 0 Å². The van der Waals surface area contributed by atoms with Crippen molar-refractivity contribution >= 4 is 15.9 Å². The number of rotatable bonds is 2. The second-order valence-corrected chi connectivity index (χ2v) is 4.03. The first kappa shape index (κ1) is 9.40. The summed E-state index contributed by atoms with van der Waals surface area (Å²) in [6, 6.07) is 8.45. The van der Waals surface area contributed by atoms with Crippen LogP contribution in [0.3, 0.4) is 0 Å². The first-order valence-corrected chi connectivity index (χ1v) is 5.18. The average Bonchev–Trinajstić information content (AvgIpc) is 2.71. The van der Waals surface area contributed by atoms with Crippen LogP contribution in [0.2, 0.25) is 0 Å². The highest BCUT2D eigenvalue weighted by Crippen LogP contribution is 2.18. The van der Waals surface area contributed by atoms with E-state index in [1.807, 2.05) is 23.0 Å². The van der Waals surface area contributed by atoms with Crippen LogP contribution in [0.15, 0.2) is 41.1 Å². The zero-order chi connectivity index (χ0) is 9.97. The molecule has 1 atom stereocenters. The van der Waals surface area contributed by atoms with Crippen molar-refractivity contribution in [1.82, 2.24) is 15.0 Å². The molecule has 0 fully saturated rings. The van der Waals surface area contributed by atoms with Gasteiger partial charge < -0.3 is 0 Å². The van der Waals surface area contributed by atoms with Gasteiger partial charge >= 0.3 is 0 Å². The van der Waals surface area contributed by atoms with Crippen molar-refractivity contribution in [3.05, 3.63) is 46.7 Å². The van der Waals surface area contributed by atoms with E-state index in [1.165, 1.54) is 5.56 Å². The minimum Gasteiger partial charge on any atom is -0.245 e. The summed E-state index contributed by atoms with van der Waals surface area (Å²) in [5.74, 6) is 0.